The van der Waals surface area contributed by atoms with Gasteiger partial charge in [0.25, 0.3) is 0 Å². The summed E-state index contributed by atoms with van der Waals surface area (Å²) in [5, 5.41) is 3.11. The maximum absolute atomic E-state index is 5.67. The second-order valence-corrected chi connectivity index (χ2v) is 5.30. The SMILES string of the molecule is Cc1nc(COc2ccccc2I)cs1. The fourth-order valence-electron chi connectivity index (χ4n) is 1.19. The first kappa shape index (κ1) is 10.9. The maximum atomic E-state index is 5.67. The second-order valence-electron chi connectivity index (χ2n) is 3.08. The third-order valence-corrected chi connectivity index (χ3v) is 3.59. The van der Waals surface area contributed by atoms with E-state index < -0.39 is 0 Å². The van der Waals surface area contributed by atoms with E-state index in [1.54, 1.807) is 11.3 Å². The Morgan fingerprint density at radius 1 is 1.40 bits per heavy atom. The van der Waals surface area contributed by atoms with E-state index >= 15 is 0 Å². The van der Waals surface area contributed by atoms with Crippen LogP contribution in [0.25, 0.3) is 0 Å². The minimum atomic E-state index is 0.546. The van der Waals surface area contributed by atoms with Gasteiger partial charge in [-0.1, -0.05) is 12.1 Å². The number of nitrogens with zero attached hydrogens (tertiary/aromatic N) is 1. The summed E-state index contributed by atoms with van der Waals surface area (Å²) in [4.78, 5) is 4.35. The van der Waals surface area contributed by atoms with Crippen molar-refractivity contribution in [1.82, 2.24) is 4.98 Å². The Morgan fingerprint density at radius 3 is 2.87 bits per heavy atom. The van der Waals surface area contributed by atoms with Crippen molar-refractivity contribution >= 4 is 33.9 Å². The van der Waals surface area contributed by atoms with E-state index in [2.05, 4.69) is 27.6 Å². The van der Waals surface area contributed by atoms with E-state index in [0.717, 1.165) is 20.0 Å². The van der Waals surface area contributed by atoms with Crippen LogP contribution in [0.1, 0.15) is 10.7 Å². The van der Waals surface area contributed by atoms with Gasteiger partial charge in [-0.3, -0.25) is 0 Å². The second kappa shape index (κ2) is 4.94. The zero-order valence-corrected chi connectivity index (χ0v) is 11.2. The van der Waals surface area contributed by atoms with Crippen molar-refractivity contribution in [2.75, 3.05) is 0 Å². The van der Waals surface area contributed by atoms with E-state index in [-0.39, 0.29) is 0 Å². The van der Waals surface area contributed by atoms with Crippen molar-refractivity contribution in [3.63, 3.8) is 0 Å². The molecule has 0 unspecified atom stereocenters. The molecule has 15 heavy (non-hydrogen) atoms. The van der Waals surface area contributed by atoms with Gasteiger partial charge in [-0.2, -0.15) is 0 Å². The van der Waals surface area contributed by atoms with Crippen molar-refractivity contribution in [1.29, 1.82) is 0 Å². The van der Waals surface area contributed by atoms with Crippen LogP contribution >= 0.6 is 33.9 Å². The monoisotopic (exact) mass is 331 g/mol. The molecule has 0 aliphatic rings. The summed E-state index contributed by atoms with van der Waals surface area (Å²) in [7, 11) is 0. The van der Waals surface area contributed by atoms with Crippen LogP contribution in [0.5, 0.6) is 5.75 Å². The van der Waals surface area contributed by atoms with E-state index in [9.17, 15) is 0 Å². The summed E-state index contributed by atoms with van der Waals surface area (Å²) in [5.74, 6) is 0.920. The summed E-state index contributed by atoms with van der Waals surface area (Å²) in [6.07, 6.45) is 0. The molecule has 0 saturated carbocycles. The molecule has 0 saturated heterocycles. The predicted octanol–water partition coefficient (Wildman–Crippen LogP) is 3.64. The number of aryl methyl sites for hydroxylation is 1. The summed E-state index contributed by atoms with van der Waals surface area (Å²) >= 11 is 3.92. The smallest absolute Gasteiger partial charge is 0.133 e. The van der Waals surface area contributed by atoms with Gasteiger partial charge >= 0.3 is 0 Å². The third kappa shape index (κ3) is 2.92. The molecule has 0 bridgehead atoms. The molecule has 0 N–H and O–H groups in total. The molecule has 2 rings (SSSR count). The number of para-hydroxylation sites is 1. The quantitative estimate of drug-likeness (QED) is 0.801. The Kier molecular flexibility index (Phi) is 3.58. The largest absolute Gasteiger partial charge is 0.486 e. The molecule has 0 radical (unpaired) electrons. The molecule has 4 heteroatoms. The molecule has 2 aromatic rings. The molecule has 2 nitrogen and oxygen atoms in total. The highest BCUT2D eigenvalue weighted by Crippen LogP contribution is 2.21. The minimum Gasteiger partial charge on any atom is -0.486 e. The fourth-order valence-corrected chi connectivity index (χ4v) is 2.33. The minimum absolute atomic E-state index is 0.546. The van der Waals surface area contributed by atoms with Crippen LogP contribution in [-0.4, -0.2) is 4.98 Å². The number of hydrogen-bond donors (Lipinski definition) is 0. The first-order valence-electron chi connectivity index (χ1n) is 4.54. The van der Waals surface area contributed by atoms with Crippen LogP contribution in [0.2, 0.25) is 0 Å². The Morgan fingerprint density at radius 2 is 2.20 bits per heavy atom. The van der Waals surface area contributed by atoms with Gasteiger partial charge in [-0.05, 0) is 41.6 Å². The lowest BCUT2D eigenvalue weighted by molar-refractivity contribution is 0.300. The van der Waals surface area contributed by atoms with Gasteiger partial charge < -0.3 is 4.74 Å². The Labute approximate surface area is 106 Å². The lowest BCUT2D eigenvalue weighted by atomic mass is 10.3. The standard InChI is InChI=1S/C11H10INOS/c1-8-13-9(7-15-8)6-14-11-5-3-2-4-10(11)12/h2-5,7H,6H2,1H3. The molecule has 0 aliphatic heterocycles. The van der Waals surface area contributed by atoms with Crippen molar-refractivity contribution in [3.05, 3.63) is 43.9 Å². The van der Waals surface area contributed by atoms with Crippen LogP contribution < -0.4 is 4.74 Å². The lowest BCUT2D eigenvalue weighted by Gasteiger charge is -2.05. The van der Waals surface area contributed by atoms with Gasteiger partial charge in [-0.15, -0.1) is 11.3 Å². The molecule has 0 aliphatic carbocycles. The van der Waals surface area contributed by atoms with Crippen molar-refractivity contribution < 1.29 is 4.74 Å². The Balaban J connectivity index is 2.02. The number of benzene rings is 1. The number of aromatic nitrogens is 1. The highest BCUT2D eigenvalue weighted by atomic mass is 127. The molecule has 1 aromatic carbocycles. The summed E-state index contributed by atoms with van der Waals surface area (Å²) < 4.78 is 6.80. The van der Waals surface area contributed by atoms with Crippen molar-refractivity contribution in [2.24, 2.45) is 0 Å². The van der Waals surface area contributed by atoms with Crippen LogP contribution in [0.3, 0.4) is 0 Å². The fraction of sp³-hybridized carbons (Fsp3) is 0.182. The van der Waals surface area contributed by atoms with Crippen LogP contribution in [0, 0.1) is 10.5 Å². The van der Waals surface area contributed by atoms with Crippen molar-refractivity contribution in [3.8, 4) is 5.75 Å². The average molecular weight is 331 g/mol. The molecule has 0 amide bonds. The van der Waals surface area contributed by atoms with E-state index in [1.807, 2.05) is 36.6 Å². The third-order valence-electron chi connectivity index (χ3n) is 1.88. The maximum Gasteiger partial charge on any atom is 0.133 e. The molecule has 0 spiro atoms. The van der Waals surface area contributed by atoms with Crippen LogP contribution in [0.15, 0.2) is 29.6 Å². The molecule has 0 atom stereocenters. The molecule has 1 aromatic heterocycles. The van der Waals surface area contributed by atoms with Gasteiger partial charge in [0.2, 0.25) is 0 Å². The highest BCUT2D eigenvalue weighted by molar-refractivity contribution is 14.1. The van der Waals surface area contributed by atoms with E-state index in [1.165, 1.54) is 0 Å². The van der Waals surface area contributed by atoms with E-state index in [4.69, 9.17) is 4.74 Å². The predicted molar refractivity (Wildman–Crippen MR) is 70.3 cm³/mol. The zero-order valence-electron chi connectivity index (χ0n) is 8.24. The molecule has 78 valence electrons. The number of halogens is 1. The Bertz CT molecular complexity index is 455. The Hall–Kier alpha value is -0.620. The first-order valence-corrected chi connectivity index (χ1v) is 6.50. The lowest BCUT2D eigenvalue weighted by Crippen LogP contribution is -1.97. The van der Waals surface area contributed by atoms with Gasteiger partial charge in [0.1, 0.15) is 12.4 Å². The van der Waals surface area contributed by atoms with Crippen molar-refractivity contribution in [2.45, 2.75) is 13.5 Å². The van der Waals surface area contributed by atoms with Crippen LogP contribution in [-0.2, 0) is 6.61 Å². The highest BCUT2D eigenvalue weighted by Gasteiger charge is 2.02. The van der Waals surface area contributed by atoms with Gasteiger partial charge in [0, 0.05) is 5.38 Å². The summed E-state index contributed by atoms with van der Waals surface area (Å²) in [5.41, 5.74) is 0.997. The summed E-state index contributed by atoms with van der Waals surface area (Å²) in [6.45, 7) is 2.55. The summed E-state index contributed by atoms with van der Waals surface area (Å²) in [6, 6.07) is 7.98. The normalized spacial score (nSPS) is 10.3. The van der Waals surface area contributed by atoms with Crippen LogP contribution in [0.4, 0.5) is 0 Å². The average Bonchev–Trinajstić information content (AvgIpc) is 2.63. The van der Waals surface area contributed by atoms with Gasteiger partial charge in [0.15, 0.2) is 0 Å². The molecule has 0 fully saturated rings. The van der Waals surface area contributed by atoms with Gasteiger partial charge in [0.05, 0.1) is 14.3 Å². The molecular weight excluding hydrogens is 321 g/mol. The number of ether oxygens (including phenoxy) is 1. The van der Waals surface area contributed by atoms with E-state index in [0.29, 0.717) is 6.61 Å². The number of thiazole rings is 1. The topological polar surface area (TPSA) is 22.1 Å². The first-order chi connectivity index (χ1) is 7.25. The zero-order chi connectivity index (χ0) is 10.7. The number of hydrogen-bond acceptors (Lipinski definition) is 3. The van der Waals surface area contributed by atoms with Gasteiger partial charge in [-0.25, -0.2) is 4.98 Å². The molecule has 1 heterocycles. The number of rotatable bonds is 3. The molecular formula is C11H10INOS.